The molecule has 0 spiro atoms. The van der Waals surface area contributed by atoms with E-state index in [1.165, 1.54) is 4.31 Å². The highest BCUT2D eigenvalue weighted by Gasteiger charge is 2.38. The van der Waals surface area contributed by atoms with E-state index in [0.717, 1.165) is 27.7 Å². The van der Waals surface area contributed by atoms with Gasteiger partial charge in [0, 0.05) is 50.4 Å². The Balaban J connectivity index is 1.68. The third kappa shape index (κ3) is 7.53. The molecule has 1 aliphatic rings. The average molecular weight is 576 g/mol. The van der Waals surface area contributed by atoms with E-state index in [1.807, 2.05) is 6.92 Å². The van der Waals surface area contributed by atoms with E-state index >= 15 is 0 Å². The van der Waals surface area contributed by atoms with Crippen LogP contribution < -0.4 is 11.2 Å². The van der Waals surface area contributed by atoms with Crippen molar-refractivity contribution in [1.82, 2.24) is 14.0 Å². The minimum Gasteiger partial charge on any atom is -0.443 e. The Bertz CT molecular complexity index is 1190. The van der Waals surface area contributed by atoms with Gasteiger partial charge in [-0.25, -0.2) is 19.1 Å². The average Bonchev–Trinajstić information content (AvgIpc) is 3.29. The topological polar surface area (TPSA) is 167 Å². The lowest BCUT2D eigenvalue weighted by atomic mass is 10.1. The Labute approximate surface area is 223 Å². The Morgan fingerprint density at radius 2 is 2.05 bits per heavy atom. The minimum atomic E-state index is -3.70. The van der Waals surface area contributed by atoms with Gasteiger partial charge in [0.25, 0.3) is 15.1 Å². The maximum Gasteiger partial charge on any atom is 0.435 e. The zero-order valence-corrected chi connectivity index (χ0v) is 22.8. The Morgan fingerprint density at radius 1 is 1.35 bits per heavy atom. The van der Waals surface area contributed by atoms with Crippen LogP contribution >= 0.6 is 23.3 Å². The van der Waals surface area contributed by atoms with Gasteiger partial charge in [0.15, 0.2) is 0 Å². The number of carbonyl (C=O) groups is 1. The quantitative estimate of drug-likeness (QED) is 0.0900. The van der Waals surface area contributed by atoms with Crippen LogP contribution in [-0.4, -0.2) is 61.7 Å². The molecule has 0 saturated heterocycles. The van der Waals surface area contributed by atoms with Gasteiger partial charge in [-0.1, -0.05) is 31.2 Å². The predicted octanol–water partition coefficient (Wildman–Crippen LogP) is 2.67. The van der Waals surface area contributed by atoms with Crippen molar-refractivity contribution in [2.45, 2.75) is 41.0 Å². The Kier molecular flexibility index (Phi) is 10.5. The van der Waals surface area contributed by atoms with Gasteiger partial charge in [-0.05, 0) is 30.2 Å². The van der Waals surface area contributed by atoms with E-state index in [0.29, 0.717) is 53.6 Å². The fraction of sp³-hybridized carbons (Fsp3) is 0.476. The monoisotopic (exact) mass is 575 g/mol. The molecule has 3 N–H and O–H groups in total. The largest absolute Gasteiger partial charge is 0.443 e. The minimum absolute atomic E-state index is 0.182. The fourth-order valence-electron chi connectivity index (χ4n) is 3.69. The summed E-state index contributed by atoms with van der Waals surface area (Å²) < 4.78 is 39.7. The maximum atomic E-state index is 13.2. The van der Waals surface area contributed by atoms with E-state index in [4.69, 9.17) is 15.3 Å². The van der Waals surface area contributed by atoms with E-state index < -0.39 is 21.2 Å². The SMILES string of the molecule is CCNC1CN(CCCOC)S(=O)(=O)c2sc(SN(N)C(=O)OCc3ccccc3CO[N+](=O)[O-])cc21. The first-order chi connectivity index (χ1) is 17.7. The number of hydrogen-bond donors (Lipinski definition) is 2. The number of sulfonamides is 1. The van der Waals surface area contributed by atoms with Crippen molar-refractivity contribution >= 4 is 39.4 Å². The number of nitrogens with zero attached hydrogens (tertiary/aromatic N) is 3. The summed E-state index contributed by atoms with van der Waals surface area (Å²) in [6, 6.07) is 8.17. The maximum absolute atomic E-state index is 13.2. The summed E-state index contributed by atoms with van der Waals surface area (Å²) in [7, 11) is -2.14. The van der Waals surface area contributed by atoms with Gasteiger partial charge in [0.1, 0.15) is 17.4 Å². The molecule has 1 atom stereocenters. The molecular formula is C21H29N5O8S3. The van der Waals surface area contributed by atoms with E-state index in [1.54, 1.807) is 37.4 Å². The van der Waals surface area contributed by atoms with Crippen molar-refractivity contribution in [3.63, 3.8) is 0 Å². The first kappa shape index (κ1) is 29.1. The lowest BCUT2D eigenvalue weighted by molar-refractivity contribution is -0.763. The highest BCUT2D eigenvalue weighted by Crippen LogP contribution is 2.42. The summed E-state index contributed by atoms with van der Waals surface area (Å²) in [6.07, 6.45) is -0.297. The first-order valence-corrected chi connectivity index (χ1v) is 14.3. The second-order valence-corrected chi connectivity index (χ2v) is 12.3. The van der Waals surface area contributed by atoms with Crippen molar-refractivity contribution < 1.29 is 32.6 Å². The number of ether oxygens (including phenoxy) is 2. The lowest BCUT2D eigenvalue weighted by Gasteiger charge is -2.32. The summed E-state index contributed by atoms with van der Waals surface area (Å²) in [5.41, 5.74) is 1.65. The number of likely N-dealkylation sites (N-methyl/N-ethyl adjacent to an activating group) is 1. The zero-order valence-electron chi connectivity index (χ0n) is 20.3. The van der Waals surface area contributed by atoms with Gasteiger partial charge in [0.2, 0.25) is 0 Å². The number of nitrogens with two attached hydrogens (primary N) is 1. The molecule has 0 fully saturated rings. The van der Waals surface area contributed by atoms with Crippen LogP contribution in [0.15, 0.2) is 38.8 Å². The van der Waals surface area contributed by atoms with Crippen LogP contribution in [-0.2, 0) is 37.5 Å². The summed E-state index contributed by atoms with van der Waals surface area (Å²) in [5, 5.41) is 12.9. The smallest absolute Gasteiger partial charge is 0.435 e. The predicted molar refractivity (Wildman–Crippen MR) is 136 cm³/mol. The molecule has 2 aromatic rings. The highest BCUT2D eigenvalue weighted by molar-refractivity contribution is 8.00. The molecule has 1 amide bonds. The van der Waals surface area contributed by atoms with Crippen LogP contribution in [0.5, 0.6) is 0 Å². The molecule has 1 aromatic heterocycles. The molecule has 0 saturated carbocycles. The second-order valence-electron chi connectivity index (χ2n) is 7.87. The van der Waals surface area contributed by atoms with E-state index in [9.17, 15) is 23.3 Å². The number of methoxy groups -OCH3 is 1. The number of benzene rings is 1. The van der Waals surface area contributed by atoms with Gasteiger partial charge >= 0.3 is 6.09 Å². The molecular weight excluding hydrogens is 546 g/mol. The van der Waals surface area contributed by atoms with Crippen molar-refractivity contribution in [3.8, 4) is 0 Å². The second kappa shape index (κ2) is 13.4. The van der Waals surface area contributed by atoms with Gasteiger partial charge in [-0.3, -0.25) is 0 Å². The summed E-state index contributed by atoms with van der Waals surface area (Å²) in [4.78, 5) is 27.4. The lowest BCUT2D eigenvalue weighted by Crippen LogP contribution is -2.43. The normalized spacial score (nSPS) is 16.7. The number of thiophene rings is 1. The summed E-state index contributed by atoms with van der Waals surface area (Å²) in [6.45, 7) is 3.21. The van der Waals surface area contributed by atoms with Gasteiger partial charge < -0.3 is 19.6 Å². The van der Waals surface area contributed by atoms with Crippen molar-refractivity contribution in [2.24, 2.45) is 5.84 Å². The standard InChI is InChI=1S/C21H29N5O8S3/c1-3-23-18-12-24(9-6-10-32-2)37(30,31)20-17(18)11-19(35-20)36-25(22)21(27)33-13-15-7-4-5-8-16(15)14-34-26(28)29/h4-5,7-8,11,18,23H,3,6,9-10,12-14,22H2,1-2H3. The molecule has 13 nitrogen and oxygen atoms in total. The number of amides is 1. The van der Waals surface area contributed by atoms with Crippen molar-refractivity contribution in [3.05, 3.63) is 57.1 Å². The van der Waals surface area contributed by atoms with E-state index in [-0.39, 0.29) is 23.5 Å². The number of carbonyl (C=O) groups excluding carboxylic acids is 1. The first-order valence-electron chi connectivity index (χ1n) is 11.3. The molecule has 37 heavy (non-hydrogen) atoms. The zero-order chi connectivity index (χ0) is 27.0. The van der Waals surface area contributed by atoms with E-state index in [2.05, 4.69) is 10.2 Å². The molecule has 3 rings (SSSR count). The molecule has 1 aromatic carbocycles. The number of nitrogens with one attached hydrogen (secondary N) is 1. The summed E-state index contributed by atoms with van der Waals surface area (Å²) >= 11 is 1.89. The Hall–Kier alpha value is -2.47. The fourth-order valence-corrected chi connectivity index (χ4v) is 8.13. The Morgan fingerprint density at radius 3 is 2.70 bits per heavy atom. The molecule has 1 unspecified atom stereocenters. The third-order valence-corrected chi connectivity index (χ3v) is 9.86. The molecule has 0 aliphatic carbocycles. The summed E-state index contributed by atoms with van der Waals surface area (Å²) in [5.74, 6) is 5.90. The number of fused-ring (bicyclic) bond motifs is 1. The van der Waals surface area contributed by atoms with Crippen LogP contribution in [0.4, 0.5) is 4.79 Å². The van der Waals surface area contributed by atoms with Gasteiger partial charge in [-0.15, -0.1) is 21.5 Å². The van der Waals surface area contributed by atoms with Crippen LogP contribution in [0.25, 0.3) is 0 Å². The van der Waals surface area contributed by atoms with Crippen LogP contribution in [0.3, 0.4) is 0 Å². The molecule has 204 valence electrons. The van der Waals surface area contributed by atoms with Gasteiger partial charge in [-0.2, -0.15) is 8.72 Å². The molecule has 16 heteroatoms. The number of rotatable bonds is 13. The molecule has 0 bridgehead atoms. The molecule has 2 heterocycles. The molecule has 0 radical (unpaired) electrons. The van der Waals surface area contributed by atoms with Gasteiger partial charge in [0.05, 0.1) is 4.21 Å². The van der Waals surface area contributed by atoms with Crippen molar-refractivity contribution in [2.75, 3.05) is 33.4 Å². The molecule has 1 aliphatic heterocycles. The van der Waals surface area contributed by atoms with Crippen molar-refractivity contribution in [1.29, 1.82) is 0 Å². The third-order valence-electron chi connectivity index (χ3n) is 5.41. The van der Waals surface area contributed by atoms with Crippen LogP contribution in [0.1, 0.15) is 36.1 Å². The van der Waals surface area contributed by atoms with Crippen LogP contribution in [0.2, 0.25) is 0 Å². The number of hydrazine groups is 1. The van der Waals surface area contributed by atoms with Crippen LogP contribution in [0, 0.1) is 10.1 Å². The highest BCUT2D eigenvalue weighted by atomic mass is 32.3. The number of hydrogen-bond acceptors (Lipinski definition) is 12.